The maximum atomic E-state index is 10.8. The molecule has 0 radical (unpaired) electrons. The highest BCUT2D eigenvalue weighted by molar-refractivity contribution is 9.10. The van der Waals surface area contributed by atoms with E-state index in [-0.39, 0.29) is 5.69 Å². The van der Waals surface area contributed by atoms with Gasteiger partial charge in [0.25, 0.3) is 0 Å². The summed E-state index contributed by atoms with van der Waals surface area (Å²) in [6, 6.07) is 7.26. The molecule has 1 heterocycles. The van der Waals surface area contributed by atoms with Crippen molar-refractivity contribution in [1.82, 2.24) is 4.98 Å². The van der Waals surface area contributed by atoms with Crippen LogP contribution in [0, 0.1) is 0 Å². The van der Waals surface area contributed by atoms with Crippen molar-refractivity contribution >= 4 is 32.7 Å². The summed E-state index contributed by atoms with van der Waals surface area (Å²) in [6.07, 6.45) is 1.51. The SMILES string of the molecule is O=C(O)c1ncc(Br)c2ccccc12. The normalized spacial score (nSPS) is 10.4. The van der Waals surface area contributed by atoms with E-state index < -0.39 is 5.97 Å². The van der Waals surface area contributed by atoms with E-state index >= 15 is 0 Å². The van der Waals surface area contributed by atoms with E-state index in [4.69, 9.17) is 5.11 Å². The Morgan fingerprint density at radius 3 is 2.57 bits per heavy atom. The molecule has 0 bridgehead atoms. The minimum absolute atomic E-state index is 0.0869. The van der Waals surface area contributed by atoms with Crippen LogP contribution in [-0.4, -0.2) is 16.1 Å². The fourth-order valence-corrected chi connectivity index (χ4v) is 1.78. The van der Waals surface area contributed by atoms with Crippen LogP contribution in [0.15, 0.2) is 34.9 Å². The number of hydrogen-bond donors (Lipinski definition) is 1. The van der Waals surface area contributed by atoms with Crippen molar-refractivity contribution in [1.29, 1.82) is 0 Å². The fourth-order valence-electron chi connectivity index (χ4n) is 1.33. The summed E-state index contributed by atoms with van der Waals surface area (Å²) in [6.45, 7) is 0. The number of carboxylic acids is 1. The second-order valence-corrected chi connectivity index (χ2v) is 3.66. The molecule has 14 heavy (non-hydrogen) atoms. The minimum atomic E-state index is -1.01. The van der Waals surface area contributed by atoms with E-state index in [0.29, 0.717) is 5.39 Å². The summed E-state index contributed by atoms with van der Waals surface area (Å²) >= 11 is 3.32. The number of pyridine rings is 1. The lowest BCUT2D eigenvalue weighted by atomic mass is 10.1. The average molecular weight is 252 g/mol. The van der Waals surface area contributed by atoms with Gasteiger partial charge in [-0.2, -0.15) is 0 Å². The van der Waals surface area contributed by atoms with Gasteiger partial charge in [-0.25, -0.2) is 9.78 Å². The molecule has 0 amide bonds. The van der Waals surface area contributed by atoms with E-state index in [9.17, 15) is 4.79 Å². The maximum Gasteiger partial charge on any atom is 0.355 e. The number of rotatable bonds is 1. The number of nitrogens with zero attached hydrogens (tertiary/aromatic N) is 1. The summed E-state index contributed by atoms with van der Waals surface area (Å²) < 4.78 is 0.804. The molecule has 0 atom stereocenters. The van der Waals surface area contributed by atoms with Crippen LogP contribution in [0.3, 0.4) is 0 Å². The van der Waals surface area contributed by atoms with E-state index in [1.54, 1.807) is 12.1 Å². The van der Waals surface area contributed by atoms with Gasteiger partial charge in [0, 0.05) is 16.1 Å². The monoisotopic (exact) mass is 251 g/mol. The lowest BCUT2D eigenvalue weighted by Gasteiger charge is -2.02. The molecule has 4 heteroatoms. The summed E-state index contributed by atoms with van der Waals surface area (Å²) in [4.78, 5) is 14.7. The standard InChI is InChI=1S/C10H6BrNO2/c11-8-5-12-9(10(13)14)7-4-2-1-3-6(7)8/h1-5H,(H,13,14). The summed E-state index contributed by atoms with van der Waals surface area (Å²) in [7, 11) is 0. The molecule has 2 rings (SSSR count). The molecule has 0 aliphatic carbocycles. The Morgan fingerprint density at radius 2 is 1.93 bits per heavy atom. The zero-order valence-electron chi connectivity index (χ0n) is 7.07. The molecule has 2 aromatic rings. The first-order chi connectivity index (χ1) is 6.70. The number of aromatic carboxylic acids is 1. The highest BCUT2D eigenvalue weighted by atomic mass is 79.9. The first-order valence-electron chi connectivity index (χ1n) is 3.96. The first-order valence-corrected chi connectivity index (χ1v) is 4.76. The minimum Gasteiger partial charge on any atom is -0.476 e. The van der Waals surface area contributed by atoms with Crippen molar-refractivity contribution in [3.63, 3.8) is 0 Å². The fraction of sp³-hybridized carbons (Fsp3) is 0. The van der Waals surface area contributed by atoms with Gasteiger partial charge in [-0.05, 0) is 21.3 Å². The molecule has 1 aromatic heterocycles. The van der Waals surface area contributed by atoms with E-state index in [1.807, 2.05) is 12.1 Å². The van der Waals surface area contributed by atoms with Gasteiger partial charge in [0.2, 0.25) is 0 Å². The Kier molecular flexibility index (Phi) is 2.21. The first kappa shape index (κ1) is 9.15. The van der Waals surface area contributed by atoms with Crippen molar-refractivity contribution in [3.05, 3.63) is 40.6 Å². The van der Waals surface area contributed by atoms with E-state index in [1.165, 1.54) is 6.20 Å². The van der Waals surface area contributed by atoms with Crippen molar-refractivity contribution < 1.29 is 9.90 Å². The number of benzene rings is 1. The number of fused-ring (bicyclic) bond motifs is 1. The molecule has 0 fully saturated rings. The topological polar surface area (TPSA) is 50.2 Å². The van der Waals surface area contributed by atoms with Crippen LogP contribution in [-0.2, 0) is 0 Å². The Labute approximate surface area is 88.5 Å². The molecular formula is C10H6BrNO2. The molecule has 0 aliphatic heterocycles. The van der Waals surface area contributed by atoms with Gasteiger partial charge in [0.1, 0.15) is 0 Å². The van der Waals surface area contributed by atoms with Gasteiger partial charge in [0.05, 0.1) is 0 Å². The summed E-state index contributed by atoms with van der Waals surface area (Å²) in [5, 5.41) is 10.4. The highest BCUT2D eigenvalue weighted by Crippen LogP contribution is 2.24. The van der Waals surface area contributed by atoms with Crippen molar-refractivity contribution in [2.45, 2.75) is 0 Å². The average Bonchev–Trinajstić information content (AvgIpc) is 2.18. The third-order valence-electron chi connectivity index (χ3n) is 1.95. The van der Waals surface area contributed by atoms with Gasteiger partial charge in [0.15, 0.2) is 5.69 Å². The van der Waals surface area contributed by atoms with Crippen LogP contribution in [0.25, 0.3) is 10.8 Å². The number of aromatic nitrogens is 1. The molecule has 0 spiro atoms. The summed E-state index contributed by atoms with van der Waals surface area (Å²) in [5.41, 5.74) is 0.0869. The van der Waals surface area contributed by atoms with E-state index in [0.717, 1.165) is 9.86 Å². The predicted molar refractivity (Wildman–Crippen MR) is 56.4 cm³/mol. The Bertz CT molecular complexity index is 510. The van der Waals surface area contributed by atoms with Crippen LogP contribution >= 0.6 is 15.9 Å². The lowest BCUT2D eigenvalue weighted by Crippen LogP contribution is -2.00. The number of carboxylic acid groups (broad SMARTS) is 1. The van der Waals surface area contributed by atoms with Crippen molar-refractivity contribution in [3.8, 4) is 0 Å². The number of hydrogen-bond acceptors (Lipinski definition) is 2. The Morgan fingerprint density at radius 1 is 1.29 bits per heavy atom. The van der Waals surface area contributed by atoms with Crippen molar-refractivity contribution in [2.75, 3.05) is 0 Å². The summed E-state index contributed by atoms with van der Waals surface area (Å²) in [5.74, 6) is -1.01. The largest absolute Gasteiger partial charge is 0.476 e. The lowest BCUT2D eigenvalue weighted by molar-refractivity contribution is 0.0693. The third-order valence-corrected chi connectivity index (χ3v) is 2.58. The maximum absolute atomic E-state index is 10.8. The molecule has 0 saturated carbocycles. The van der Waals surface area contributed by atoms with Gasteiger partial charge < -0.3 is 5.11 Å². The second-order valence-electron chi connectivity index (χ2n) is 2.81. The van der Waals surface area contributed by atoms with Crippen LogP contribution in [0.1, 0.15) is 10.5 Å². The quantitative estimate of drug-likeness (QED) is 0.848. The van der Waals surface area contributed by atoms with E-state index in [2.05, 4.69) is 20.9 Å². The molecule has 0 aliphatic rings. The third kappa shape index (κ3) is 1.37. The predicted octanol–water partition coefficient (Wildman–Crippen LogP) is 2.70. The molecule has 1 N–H and O–H groups in total. The van der Waals surface area contributed by atoms with Gasteiger partial charge in [-0.1, -0.05) is 24.3 Å². The van der Waals surface area contributed by atoms with Crippen LogP contribution in [0.2, 0.25) is 0 Å². The van der Waals surface area contributed by atoms with Gasteiger partial charge in [-0.3, -0.25) is 0 Å². The molecule has 3 nitrogen and oxygen atoms in total. The van der Waals surface area contributed by atoms with Gasteiger partial charge in [-0.15, -0.1) is 0 Å². The van der Waals surface area contributed by atoms with Crippen LogP contribution in [0.4, 0.5) is 0 Å². The second kappa shape index (κ2) is 3.38. The number of carbonyl (C=O) groups is 1. The zero-order valence-corrected chi connectivity index (χ0v) is 8.65. The van der Waals surface area contributed by atoms with Crippen LogP contribution < -0.4 is 0 Å². The smallest absolute Gasteiger partial charge is 0.355 e. The molecule has 0 saturated heterocycles. The highest BCUT2D eigenvalue weighted by Gasteiger charge is 2.10. The molecule has 0 unspecified atom stereocenters. The van der Waals surface area contributed by atoms with Gasteiger partial charge >= 0.3 is 5.97 Å². The Balaban J connectivity index is 2.88. The van der Waals surface area contributed by atoms with Crippen molar-refractivity contribution in [2.24, 2.45) is 0 Å². The zero-order chi connectivity index (χ0) is 10.1. The molecule has 70 valence electrons. The molecular weight excluding hydrogens is 246 g/mol. The number of halogens is 1. The molecule has 1 aromatic carbocycles. The Hall–Kier alpha value is -1.42. The van der Waals surface area contributed by atoms with Crippen LogP contribution in [0.5, 0.6) is 0 Å².